The van der Waals surface area contributed by atoms with Gasteiger partial charge in [-0.15, -0.1) is 11.8 Å². The fourth-order valence-corrected chi connectivity index (χ4v) is 3.13. The Bertz CT molecular complexity index is 802. The van der Waals surface area contributed by atoms with E-state index in [0.717, 1.165) is 15.2 Å². The second-order valence-electron chi connectivity index (χ2n) is 4.17. The Hall–Kier alpha value is -1.63. The standard InChI is InChI=1S/C14H10ClN3OS2/c1-20-12-5-2-8(7-16-12)13(19)18-14-17-10-6-9(15)3-4-11(10)21-14/h2-7H,1H3,(H,17,18,19). The molecular formula is C14H10ClN3OS2. The molecular weight excluding hydrogens is 326 g/mol. The number of hydrogen-bond acceptors (Lipinski definition) is 5. The Labute approximate surface area is 134 Å². The molecule has 21 heavy (non-hydrogen) atoms. The molecule has 0 spiro atoms. The first-order valence-electron chi connectivity index (χ1n) is 6.03. The third kappa shape index (κ3) is 3.18. The molecule has 7 heteroatoms. The zero-order valence-corrected chi connectivity index (χ0v) is 13.4. The summed E-state index contributed by atoms with van der Waals surface area (Å²) in [5.41, 5.74) is 1.28. The van der Waals surface area contributed by atoms with Crippen molar-refractivity contribution in [3.63, 3.8) is 0 Å². The van der Waals surface area contributed by atoms with Crippen LogP contribution >= 0.6 is 34.7 Å². The molecule has 4 nitrogen and oxygen atoms in total. The van der Waals surface area contributed by atoms with Gasteiger partial charge < -0.3 is 0 Å². The van der Waals surface area contributed by atoms with E-state index in [1.807, 2.05) is 18.4 Å². The summed E-state index contributed by atoms with van der Waals surface area (Å²) in [4.78, 5) is 20.7. The summed E-state index contributed by atoms with van der Waals surface area (Å²) in [6.45, 7) is 0. The number of anilines is 1. The molecule has 0 saturated heterocycles. The summed E-state index contributed by atoms with van der Waals surface area (Å²) in [6, 6.07) is 9.03. The molecule has 1 N–H and O–H groups in total. The molecule has 0 radical (unpaired) electrons. The van der Waals surface area contributed by atoms with Crippen LogP contribution in [0.4, 0.5) is 5.13 Å². The van der Waals surface area contributed by atoms with Crippen LogP contribution < -0.4 is 5.32 Å². The predicted octanol–water partition coefficient (Wildman–Crippen LogP) is 4.32. The first kappa shape index (κ1) is 14.3. The number of aromatic nitrogens is 2. The highest BCUT2D eigenvalue weighted by Crippen LogP contribution is 2.28. The van der Waals surface area contributed by atoms with E-state index in [1.165, 1.54) is 23.1 Å². The van der Waals surface area contributed by atoms with Gasteiger partial charge in [-0.25, -0.2) is 9.97 Å². The number of carbonyl (C=O) groups excluding carboxylic acids is 1. The third-order valence-electron chi connectivity index (χ3n) is 2.78. The number of benzene rings is 1. The number of nitrogens with one attached hydrogen (secondary N) is 1. The smallest absolute Gasteiger partial charge is 0.259 e. The molecule has 1 aromatic carbocycles. The van der Waals surface area contributed by atoms with Crippen molar-refractivity contribution in [3.05, 3.63) is 47.1 Å². The molecule has 0 atom stereocenters. The van der Waals surface area contributed by atoms with Crippen LogP contribution in [0.1, 0.15) is 10.4 Å². The summed E-state index contributed by atoms with van der Waals surface area (Å²) in [7, 11) is 0. The molecule has 1 amide bonds. The number of thiazole rings is 1. The van der Waals surface area contributed by atoms with E-state index in [1.54, 1.807) is 24.4 Å². The maximum Gasteiger partial charge on any atom is 0.259 e. The minimum absolute atomic E-state index is 0.222. The summed E-state index contributed by atoms with van der Waals surface area (Å²) in [5, 5.41) is 4.83. The second kappa shape index (κ2) is 6.01. The van der Waals surface area contributed by atoms with Crippen molar-refractivity contribution in [2.75, 3.05) is 11.6 Å². The fraction of sp³-hybridized carbons (Fsp3) is 0.0714. The van der Waals surface area contributed by atoms with Crippen molar-refractivity contribution >= 4 is 56.0 Å². The van der Waals surface area contributed by atoms with Crippen molar-refractivity contribution in [1.29, 1.82) is 0 Å². The van der Waals surface area contributed by atoms with Gasteiger partial charge in [-0.3, -0.25) is 10.1 Å². The highest BCUT2D eigenvalue weighted by molar-refractivity contribution is 7.98. The lowest BCUT2D eigenvalue weighted by Gasteiger charge is -2.01. The molecule has 2 heterocycles. The number of amides is 1. The number of hydrogen-bond donors (Lipinski definition) is 1. The topological polar surface area (TPSA) is 54.9 Å². The van der Waals surface area contributed by atoms with Gasteiger partial charge in [-0.1, -0.05) is 22.9 Å². The van der Waals surface area contributed by atoms with E-state index in [2.05, 4.69) is 15.3 Å². The number of rotatable bonds is 3. The van der Waals surface area contributed by atoms with E-state index in [4.69, 9.17) is 11.6 Å². The van der Waals surface area contributed by atoms with Crippen LogP contribution in [0.5, 0.6) is 0 Å². The quantitative estimate of drug-likeness (QED) is 0.724. The minimum atomic E-state index is -0.222. The van der Waals surface area contributed by atoms with Gasteiger partial charge in [0.1, 0.15) is 0 Å². The Morgan fingerprint density at radius 1 is 1.33 bits per heavy atom. The number of fused-ring (bicyclic) bond motifs is 1. The van der Waals surface area contributed by atoms with Crippen LogP contribution in [0.25, 0.3) is 10.2 Å². The lowest BCUT2D eigenvalue weighted by Crippen LogP contribution is -2.11. The molecule has 0 fully saturated rings. The van der Waals surface area contributed by atoms with Crippen molar-refractivity contribution in [3.8, 4) is 0 Å². The third-order valence-corrected chi connectivity index (χ3v) is 4.62. The van der Waals surface area contributed by atoms with E-state index in [0.29, 0.717) is 15.7 Å². The molecule has 2 aromatic heterocycles. The van der Waals surface area contributed by atoms with Gasteiger partial charge in [0.2, 0.25) is 0 Å². The second-order valence-corrected chi connectivity index (χ2v) is 6.47. The summed E-state index contributed by atoms with van der Waals surface area (Å²) in [5.74, 6) is -0.222. The van der Waals surface area contributed by atoms with E-state index in [9.17, 15) is 4.79 Å². The monoisotopic (exact) mass is 335 g/mol. The van der Waals surface area contributed by atoms with Gasteiger partial charge in [0.25, 0.3) is 5.91 Å². The molecule has 0 aliphatic carbocycles. The molecule has 106 valence electrons. The molecule has 0 saturated carbocycles. The zero-order chi connectivity index (χ0) is 14.8. The number of nitrogens with zero attached hydrogens (tertiary/aromatic N) is 2. The summed E-state index contributed by atoms with van der Waals surface area (Å²) < 4.78 is 0.977. The van der Waals surface area contributed by atoms with E-state index in [-0.39, 0.29) is 5.91 Å². The summed E-state index contributed by atoms with van der Waals surface area (Å²) >= 11 is 8.87. The van der Waals surface area contributed by atoms with Gasteiger partial charge in [0.15, 0.2) is 5.13 Å². The molecule has 0 aliphatic heterocycles. The van der Waals surface area contributed by atoms with Crippen LogP contribution in [-0.4, -0.2) is 22.1 Å². The first-order chi connectivity index (χ1) is 10.2. The van der Waals surface area contributed by atoms with Crippen LogP contribution in [0.2, 0.25) is 5.02 Å². The lowest BCUT2D eigenvalue weighted by molar-refractivity contribution is 0.102. The minimum Gasteiger partial charge on any atom is -0.298 e. The number of pyridine rings is 1. The Balaban J connectivity index is 1.81. The van der Waals surface area contributed by atoms with Crippen LogP contribution in [0.3, 0.4) is 0 Å². The van der Waals surface area contributed by atoms with Gasteiger partial charge in [0.05, 0.1) is 20.8 Å². The molecule has 0 unspecified atom stereocenters. The highest BCUT2D eigenvalue weighted by Gasteiger charge is 2.10. The zero-order valence-electron chi connectivity index (χ0n) is 11.0. The highest BCUT2D eigenvalue weighted by atomic mass is 35.5. The number of halogens is 1. The Kier molecular flexibility index (Phi) is 4.10. The molecule has 0 bridgehead atoms. The average Bonchev–Trinajstić information content (AvgIpc) is 2.88. The number of thioether (sulfide) groups is 1. The fourth-order valence-electron chi connectivity index (χ4n) is 1.76. The maximum absolute atomic E-state index is 12.1. The molecule has 3 rings (SSSR count). The van der Waals surface area contributed by atoms with Crippen molar-refractivity contribution in [2.24, 2.45) is 0 Å². The Morgan fingerprint density at radius 2 is 2.19 bits per heavy atom. The molecule has 0 aliphatic rings. The van der Waals surface area contributed by atoms with Crippen LogP contribution in [0.15, 0.2) is 41.6 Å². The van der Waals surface area contributed by atoms with Gasteiger partial charge in [0, 0.05) is 11.2 Å². The summed E-state index contributed by atoms with van der Waals surface area (Å²) in [6.07, 6.45) is 3.50. The SMILES string of the molecule is CSc1ccc(C(=O)Nc2nc3cc(Cl)ccc3s2)cn1. The number of carbonyl (C=O) groups is 1. The van der Waals surface area contributed by atoms with Crippen molar-refractivity contribution in [1.82, 2.24) is 9.97 Å². The van der Waals surface area contributed by atoms with Gasteiger partial charge in [-0.2, -0.15) is 0 Å². The van der Waals surface area contributed by atoms with E-state index >= 15 is 0 Å². The van der Waals surface area contributed by atoms with Crippen molar-refractivity contribution in [2.45, 2.75) is 5.03 Å². The normalized spacial score (nSPS) is 10.8. The lowest BCUT2D eigenvalue weighted by atomic mass is 10.3. The predicted molar refractivity (Wildman–Crippen MR) is 88.6 cm³/mol. The van der Waals surface area contributed by atoms with Gasteiger partial charge >= 0.3 is 0 Å². The van der Waals surface area contributed by atoms with E-state index < -0.39 is 0 Å². The maximum atomic E-state index is 12.1. The largest absolute Gasteiger partial charge is 0.298 e. The first-order valence-corrected chi connectivity index (χ1v) is 8.45. The van der Waals surface area contributed by atoms with Crippen LogP contribution in [0, 0.1) is 0 Å². The van der Waals surface area contributed by atoms with Crippen LogP contribution in [-0.2, 0) is 0 Å². The Morgan fingerprint density at radius 3 is 2.90 bits per heavy atom. The van der Waals surface area contributed by atoms with Gasteiger partial charge in [-0.05, 0) is 36.6 Å². The molecule has 3 aromatic rings. The van der Waals surface area contributed by atoms with Crippen molar-refractivity contribution < 1.29 is 4.79 Å². The average molecular weight is 336 g/mol.